The van der Waals surface area contributed by atoms with Gasteiger partial charge >= 0.3 is 40.4 Å². The Morgan fingerprint density at radius 1 is 0.188 bits per heavy atom. The molecule has 3 rings (SSSR count). The summed E-state index contributed by atoms with van der Waals surface area (Å²) >= 11 is 0. The van der Waals surface area contributed by atoms with Gasteiger partial charge in [0.1, 0.15) is 0 Å². The third-order valence-electron chi connectivity index (χ3n) is 3.75. The molecule has 0 aromatic carbocycles. The molecule has 0 unspecified atom stereocenters. The van der Waals surface area contributed by atoms with Crippen LogP contribution in [0.4, 0.5) is 0 Å². The van der Waals surface area contributed by atoms with Gasteiger partial charge in [-0.2, -0.15) is 0 Å². The van der Waals surface area contributed by atoms with Crippen LogP contribution < -0.4 is 0 Å². The summed E-state index contributed by atoms with van der Waals surface area (Å²) in [5.74, 6) is 0. The molecule has 3 aliphatic rings. The zero-order valence-electron chi connectivity index (χ0n) is 11.0. The van der Waals surface area contributed by atoms with Crippen LogP contribution >= 0.6 is 0 Å². The zero-order valence-corrected chi connectivity index (χ0v) is 13.6. The summed E-state index contributed by atoms with van der Waals surface area (Å²) in [6.07, 6.45) is 22.5. The van der Waals surface area contributed by atoms with Crippen molar-refractivity contribution >= 4 is 0 Å². The van der Waals surface area contributed by atoms with E-state index in [2.05, 4.69) is 0 Å². The monoisotopic (exact) mass is 362 g/mol. The summed E-state index contributed by atoms with van der Waals surface area (Å²) < 4.78 is 0. The summed E-state index contributed by atoms with van der Waals surface area (Å²) in [5, 5.41) is 0. The van der Waals surface area contributed by atoms with Crippen LogP contribution in [0.5, 0.6) is 0 Å². The Balaban J connectivity index is 0.000000205. The minimum atomic E-state index is 0. The summed E-state index contributed by atoms with van der Waals surface area (Å²) in [4.78, 5) is 0. The molecule has 0 bridgehead atoms. The molecular weight excluding hydrogens is 331 g/mol. The van der Waals surface area contributed by atoms with E-state index < -0.39 is 0 Å². The van der Waals surface area contributed by atoms with Gasteiger partial charge in [-0.1, -0.05) is 96.3 Å². The first-order chi connectivity index (χ1) is 7.50. The molecule has 0 nitrogen and oxygen atoms in total. The normalized spacial score (nSPS) is 22.5. The summed E-state index contributed by atoms with van der Waals surface area (Å²) in [6, 6.07) is 0. The van der Waals surface area contributed by atoms with Crippen molar-refractivity contribution in [2.24, 2.45) is 0 Å². The Kier molecular flexibility index (Phi) is 15.6. The minimum Gasteiger partial charge on any atom is -0.0533 e. The Morgan fingerprint density at radius 2 is 0.250 bits per heavy atom. The maximum atomic E-state index is 1.50. The van der Waals surface area contributed by atoms with Crippen LogP contribution in [0, 0.1) is 40.4 Å². The molecular formula is C15H30Sm+3. The molecule has 3 fully saturated rings. The van der Waals surface area contributed by atoms with E-state index in [0.29, 0.717) is 0 Å². The fourth-order valence-electron chi connectivity index (χ4n) is 2.65. The fraction of sp³-hybridized carbons (Fsp3) is 1.00. The molecule has 0 aliphatic heterocycles. The molecule has 0 aromatic heterocycles. The van der Waals surface area contributed by atoms with Crippen LogP contribution in [0.15, 0.2) is 0 Å². The van der Waals surface area contributed by atoms with Gasteiger partial charge in [-0.3, -0.25) is 0 Å². The molecule has 0 heterocycles. The van der Waals surface area contributed by atoms with Crippen LogP contribution in [0.2, 0.25) is 0 Å². The molecule has 0 amide bonds. The van der Waals surface area contributed by atoms with Crippen LogP contribution in [-0.2, 0) is 0 Å². The molecule has 3 saturated carbocycles. The number of hydrogen-bond donors (Lipinski definition) is 0. The van der Waals surface area contributed by atoms with Gasteiger partial charge in [0.15, 0.2) is 0 Å². The molecule has 93 valence electrons. The van der Waals surface area contributed by atoms with Gasteiger partial charge in [-0.15, -0.1) is 0 Å². The predicted molar refractivity (Wildman–Crippen MR) is 69.3 cm³/mol. The second-order valence-electron chi connectivity index (χ2n) is 5.30. The van der Waals surface area contributed by atoms with E-state index in [1.165, 1.54) is 96.3 Å². The van der Waals surface area contributed by atoms with E-state index in [-0.39, 0.29) is 40.4 Å². The van der Waals surface area contributed by atoms with E-state index in [1.54, 1.807) is 0 Å². The zero-order chi connectivity index (χ0) is 10.6. The van der Waals surface area contributed by atoms with Crippen LogP contribution in [0.3, 0.4) is 0 Å². The van der Waals surface area contributed by atoms with Crippen LogP contribution in [0.1, 0.15) is 96.3 Å². The van der Waals surface area contributed by atoms with Gasteiger partial charge in [-0.05, 0) is 0 Å². The molecule has 0 N–H and O–H groups in total. The summed E-state index contributed by atoms with van der Waals surface area (Å²) in [7, 11) is 0. The Hall–Kier alpha value is 1.34. The van der Waals surface area contributed by atoms with Gasteiger partial charge in [0.25, 0.3) is 0 Å². The van der Waals surface area contributed by atoms with Crippen molar-refractivity contribution in [2.75, 3.05) is 0 Å². The van der Waals surface area contributed by atoms with Crippen LogP contribution in [-0.4, -0.2) is 0 Å². The van der Waals surface area contributed by atoms with Crippen molar-refractivity contribution in [2.45, 2.75) is 96.3 Å². The van der Waals surface area contributed by atoms with E-state index in [4.69, 9.17) is 0 Å². The van der Waals surface area contributed by atoms with Crippen molar-refractivity contribution in [3.05, 3.63) is 0 Å². The fourth-order valence-corrected chi connectivity index (χ4v) is 2.65. The summed E-state index contributed by atoms with van der Waals surface area (Å²) in [6.45, 7) is 0. The topological polar surface area (TPSA) is 0 Å². The smallest absolute Gasteiger partial charge is 0.0533 e. The van der Waals surface area contributed by atoms with Crippen molar-refractivity contribution in [1.82, 2.24) is 0 Å². The number of rotatable bonds is 0. The Bertz CT molecular complexity index is 64.0. The number of hydrogen-bond acceptors (Lipinski definition) is 0. The molecule has 1 radical (unpaired) electrons. The summed E-state index contributed by atoms with van der Waals surface area (Å²) in [5.41, 5.74) is 0. The Labute approximate surface area is 135 Å². The van der Waals surface area contributed by atoms with E-state index >= 15 is 0 Å². The molecule has 0 spiro atoms. The van der Waals surface area contributed by atoms with Gasteiger partial charge in [0.2, 0.25) is 0 Å². The predicted octanol–water partition coefficient (Wildman–Crippen LogP) is 5.85. The largest absolute Gasteiger partial charge is 3.00 e. The minimum absolute atomic E-state index is 0. The van der Waals surface area contributed by atoms with E-state index in [9.17, 15) is 0 Å². The second-order valence-corrected chi connectivity index (χ2v) is 5.30. The molecule has 0 saturated heterocycles. The van der Waals surface area contributed by atoms with Crippen molar-refractivity contribution in [1.29, 1.82) is 0 Å². The molecule has 3 aliphatic carbocycles. The van der Waals surface area contributed by atoms with Gasteiger partial charge in [0, 0.05) is 0 Å². The average molecular weight is 361 g/mol. The second kappa shape index (κ2) is 14.4. The molecule has 1 heteroatoms. The van der Waals surface area contributed by atoms with E-state index in [1.807, 2.05) is 0 Å². The Morgan fingerprint density at radius 3 is 0.312 bits per heavy atom. The van der Waals surface area contributed by atoms with Gasteiger partial charge in [-0.25, -0.2) is 0 Å². The standard InChI is InChI=1S/3C5H10.Sm/c3*1-2-4-5-3-1;/h3*1-5H2;/q;;;+3. The van der Waals surface area contributed by atoms with Crippen LogP contribution in [0.25, 0.3) is 0 Å². The maximum absolute atomic E-state index is 1.50. The van der Waals surface area contributed by atoms with Gasteiger partial charge in [0.05, 0.1) is 0 Å². The SMILES string of the molecule is C1CCCC1.C1CCCC1.C1CCCC1.[Sm+3]. The third kappa shape index (κ3) is 11.8. The third-order valence-corrected chi connectivity index (χ3v) is 3.75. The first kappa shape index (κ1) is 17.3. The van der Waals surface area contributed by atoms with Gasteiger partial charge < -0.3 is 0 Å². The molecule has 0 atom stereocenters. The molecule has 16 heavy (non-hydrogen) atoms. The van der Waals surface area contributed by atoms with Crippen molar-refractivity contribution < 1.29 is 40.4 Å². The first-order valence-electron chi connectivity index (χ1n) is 7.50. The van der Waals surface area contributed by atoms with Crippen molar-refractivity contribution in [3.8, 4) is 0 Å². The molecule has 0 aromatic rings. The average Bonchev–Trinajstić information content (AvgIpc) is 3.09. The first-order valence-corrected chi connectivity index (χ1v) is 7.50. The van der Waals surface area contributed by atoms with E-state index in [0.717, 1.165) is 0 Å². The maximum Gasteiger partial charge on any atom is 3.00 e. The quantitative estimate of drug-likeness (QED) is 0.508. The van der Waals surface area contributed by atoms with Crippen molar-refractivity contribution in [3.63, 3.8) is 0 Å².